The maximum atomic E-state index is 12.0. The molecule has 1 amide bonds. The molecule has 0 aliphatic heterocycles. The molecule has 0 aliphatic rings. The minimum Gasteiger partial charge on any atom is -0.346 e. The smallest absolute Gasteiger partial charge is 0.220 e. The minimum absolute atomic E-state index is 0.0124. The van der Waals surface area contributed by atoms with Crippen molar-refractivity contribution in [3.05, 3.63) is 60.2 Å². The first-order valence-electron chi connectivity index (χ1n) is 8.40. The monoisotopic (exact) mass is 333 g/mol. The van der Waals surface area contributed by atoms with Crippen LogP contribution in [0.1, 0.15) is 31.0 Å². The number of carbonyl (C=O) groups excluding carboxylic acids is 1. The fourth-order valence-corrected chi connectivity index (χ4v) is 2.95. The standard InChI is InChI=1S/C19H19N5O/c1-2-18(25)22-16(19-23-14-9-5-6-10-15(14)24-19)11-17-20-12-7-3-4-8-13(12)21-17/h3-10,16H,2,11H2,1H3,(H,20,21)(H,22,25)(H,23,24). The molecule has 2 aromatic carbocycles. The molecule has 0 spiro atoms. The van der Waals surface area contributed by atoms with Crippen molar-refractivity contribution in [3.63, 3.8) is 0 Å². The van der Waals surface area contributed by atoms with E-state index in [2.05, 4.69) is 25.3 Å². The molecule has 0 saturated carbocycles. The Balaban J connectivity index is 1.68. The number of hydrogen-bond donors (Lipinski definition) is 3. The molecule has 4 rings (SSSR count). The quantitative estimate of drug-likeness (QED) is 0.524. The van der Waals surface area contributed by atoms with E-state index in [0.717, 1.165) is 33.7 Å². The number of benzene rings is 2. The number of para-hydroxylation sites is 4. The summed E-state index contributed by atoms with van der Waals surface area (Å²) >= 11 is 0. The molecule has 25 heavy (non-hydrogen) atoms. The van der Waals surface area contributed by atoms with Gasteiger partial charge in [-0.15, -0.1) is 0 Å². The Morgan fingerprint density at radius 1 is 1.00 bits per heavy atom. The highest BCUT2D eigenvalue weighted by atomic mass is 16.1. The van der Waals surface area contributed by atoms with E-state index < -0.39 is 0 Å². The van der Waals surface area contributed by atoms with Gasteiger partial charge in [0.25, 0.3) is 0 Å². The van der Waals surface area contributed by atoms with Crippen molar-refractivity contribution in [2.45, 2.75) is 25.8 Å². The van der Waals surface area contributed by atoms with E-state index in [1.807, 2.05) is 55.5 Å². The third kappa shape index (κ3) is 3.10. The SMILES string of the molecule is CCC(=O)NC(Cc1nc2ccccc2[nH]1)c1nc2ccccc2[nH]1. The second-order valence-electron chi connectivity index (χ2n) is 6.02. The van der Waals surface area contributed by atoms with Gasteiger partial charge in [-0.05, 0) is 24.3 Å². The molecule has 0 saturated heterocycles. The predicted octanol–water partition coefficient (Wildman–Crippen LogP) is 3.25. The molecule has 1 atom stereocenters. The lowest BCUT2D eigenvalue weighted by atomic mass is 10.2. The summed E-state index contributed by atoms with van der Waals surface area (Å²) in [6, 6.07) is 15.5. The lowest BCUT2D eigenvalue weighted by Crippen LogP contribution is -2.30. The number of imidazole rings is 2. The zero-order valence-corrected chi connectivity index (χ0v) is 13.9. The summed E-state index contributed by atoms with van der Waals surface area (Å²) in [6.45, 7) is 1.84. The van der Waals surface area contributed by atoms with E-state index in [1.54, 1.807) is 0 Å². The summed E-state index contributed by atoms with van der Waals surface area (Å²) in [5.41, 5.74) is 3.75. The van der Waals surface area contributed by atoms with Crippen LogP contribution >= 0.6 is 0 Å². The van der Waals surface area contributed by atoms with E-state index in [9.17, 15) is 4.79 Å². The lowest BCUT2D eigenvalue weighted by molar-refractivity contribution is -0.121. The van der Waals surface area contributed by atoms with Crippen LogP contribution in [0.5, 0.6) is 0 Å². The van der Waals surface area contributed by atoms with Crippen LogP contribution in [0, 0.1) is 0 Å². The van der Waals surface area contributed by atoms with Gasteiger partial charge in [0.05, 0.1) is 28.1 Å². The van der Waals surface area contributed by atoms with Crippen LogP contribution in [0.15, 0.2) is 48.5 Å². The van der Waals surface area contributed by atoms with Crippen LogP contribution in [-0.4, -0.2) is 25.8 Å². The van der Waals surface area contributed by atoms with Crippen LogP contribution in [0.2, 0.25) is 0 Å². The Hall–Kier alpha value is -3.15. The van der Waals surface area contributed by atoms with E-state index in [0.29, 0.717) is 12.8 Å². The van der Waals surface area contributed by atoms with E-state index >= 15 is 0 Å². The number of carbonyl (C=O) groups is 1. The van der Waals surface area contributed by atoms with Crippen molar-refractivity contribution in [1.29, 1.82) is 0 Å². The fourth-order valence-electron chi connectivity index (χ4n) is 2.95. The van der Waals surface area contributed by atoms with Gasteiger partial charge in [-0.3, -0.25) is 4.79 Å². The molecule has 1 unspecified atom stereocenters. The predicted molar refractivity (Wildman–Crippen MR) is 97.1 cm³/mol. The second kappa shape index (κ2) is 6.39. The molecule has 6 nitrogen and oxygen atoms in total. The van der Waals surface area contributed by atoms with Crippen LogP contribution in [-0.2, 0) is 11.2 Å². The number of amides is 1. The summed E-state index contributed by atoms with van der Waals surface area (Å²) in [6.07, 6.45) is 0.969. The summed E-state index contributed by atoms with van der Waals surface area (Å²) in [4.78, 5) is 27.9. The number of hydrogen-bond acceptors (Lipinski definition) is 3. The summed E-state index contributed by atoms with van der Waals surface area (Å²) in [5, 5.41) is 3.04. The summed E-state index contributed by atoms with van der Waals surface area (Å²) in [5.74, 6) is 1.55. The second-order valence-corrected chi connectivity index (χ2v) is 6.02. The third-order valence-electron chi connectivity index (χ3n) is 4.23. The summed E-state index contributed by atoms with van der Waals surface area (Å²) in [7, 11) is 0. The average Bonchev–Trinajstić information content (AvgIpc) is 3.24. The van der Waals surface area contributed by atoms with Crippen LogP contribution < -0.4 is 5.32 Å². The van der Waals surface area contributed by atoms with Crippen molar-refractivity contribution in [1.82, 2.24) is 25.3 Å². The highest BCUT2D eigenvalue weighted by Gasteiger charge is 2.20. The molecular formula is C19H19N5O. The van der Waals surface area contributed by atoms with Gasteiger partial charge in [0.2, 0.25) is 5.91 Å². The van der Waals surface area contributed by atoms with E-state index in [1.165, 1.54) is 0 Å². The first-order chi connectivity index (χ1) is 12.2. The number of fused-ring (bicyclic) bond motifs is 2. The maximum Gasteiger partial charge on any atom is 0.220 e. The van der Waals surface area contributed by atoms with E-state index in [4.69, 9.17) is 0 Å². The topological polar surface area (TPSA) is 86.5 Å². The molecule has 0 radical (unpaired) electrons. The number of nitrogens with one attached hydrogen (secondary N) is 3. The molecule has 126 valence electrons. The van der Waals surface area contributed by atoms with Gasteiger partial charge in [-0.25, -0.2) is 9.97 Å². The van der Waals surface area contributed by atoms with Crippen molar-refractivity contribution in [3.8, 4) is 0 Å². The largest absolute Gasteiger partial charge is 0.346 e. The molecule has 2 aromatic heterocycles. The molecule has 0 aliphatic carbocycles. The van der Waals surface area contributed by atoms with Crippen molar-refractivity contribution in [2.75, 3.05) is 0 Å². The molecular weight excluding hydrogens is 314 g/mol. The number of rotatable bonds is 5. The Labute approximate surface area is 144 Å². The maximum absolute atomic E-state index is 12.0. The van der Waals surface area contributed by atoms with Gasteiger partial charge in [0, 0.05) is 12.8 Å². The molecule has 2 heterocycles. The summed E-state index contributed by atoms with van der Waals surface area (Å²) < 4.78 is 0. The first kappa shape index (κ1) is 15.4. The van der Waals surface area contributed by atoms with Gasteiger partial charge >= 0.3 is 0 Å². The normalized spacial score (nSPS) is 12.5. The molecule has 0 fully saturated rings. The van der Waals surface area contributed by atoms with Gasteiger partial charge in [0.15, 0.2) is 0 Å². The van der Waals surface area contributed by atoms with Crippen molar-refractivity contribution >= 4 is 28.0 Å². The first-order valence-corrected chi connectivity index (χ1v) is 8.40. The van der Waals surface area contributed by atoms with Gasteiger partial charge < -0.3 is 15.3 Å². The zero-order chi connectivity index (χ0) is 17.2. The van der Waals surface area contributed by atoms with Gasteiger partial charge in [-0.2, -0.15) is 0 Å². The molecule has 3 N–H and O–H groups in total. The zero-order valence-electron chi connectivity index (χ0n) is 13.9. The third-order valence-corrected chi connectivity index (χ3v) is 4.23. The average molecular weight is 333 g/mol. The Kier molecular flexibility index (Phi) is 3.93. The minimum atomic E-state index is -0.264. The molecule has 4 aromatic rings. The van der Waals surface area contributed by atoms with E-state index in [-0.39, 0.29) is 11.9 Å². The van der Waals surface area contributed by atoms with Crippen LogP contribution in [0.4, 0.5) is 0 Å². The Bertz CT molecular complexity index is 966. The Morgan fingerprint density at radius 2 is 1.64 bits per heavy atom. The number of aromatic amines is 2. The van der Waals surface area contributed by atoms with Crippen molar-refractivity contribution in [2.24, 2.45) is 0 Å². The lowest BCUT2D eigenvalue weighted by Gasteiger charge is -2.15. The Morgan fingerprint density at radius 3 is 2.28 bits per heavy atom. The van der Waals surface area contributed by atoms with Gasteiger partial charge in [-0.1, -0.05) is 31.2 Å². The molecule has 6 heteroatoms. The fraction of sp³-hybridized carbons (Fsp3) is 0.211. The van der Waals surface area contributed by atoms with Crippen LogP contribution in [0.25, 0.3) is 22.1 Å². The number of nitrogens with zero attached hydrogens (tertiary/aromatic N) is 2. The van der Waals surface area contributed by atoms with Gasteiger partial charge in [0.1, 0.15) is 11.6 Å². The van der Waals surface area contributed by atoms with Crippen molar-refractivity contribution < 1.29 is 4.79 Å². The highest BCUT2D eigenvalue weighted by molar-refractivity contribution is 5.77. The molecule has 0 bridgehead atoms. The van der Waals surface area contributed by atoms with Crippen LogP contribution in [0.3, 0.4) is 0 Å². The number of aromatic nitrogens is 4. The highest BCUT2D eigenvalue weighted by Crippen LogP contribution is 2.20. The number of H-pyrrole nitrogens is 2.